The number of aromatic nitrogens is 1. The summed E-state index contributed by atoms with van der Waals surface area (Å²) in [5.41, 5.74) is 2.56. The Morgan fingerprint density at radius 1 is 1.25 bits per heavy atom. The summed E-state index contributed by atoms with van der Waals surface area (Å²) < 4.78 is 19.0. The van der Waals surface area contributed by atoms with Gasteiger partial charge in [0, 0.05) is 17.3 Å². The number of aryl methyl sites for hydroxylation is 2. The molecule has 0 fully saturated rings. The van der Waals surface area contributed by atoms with E-state index in [9.17, 15) is 9.18 Å². The van der Waals surface area contributed by atoms with Gasteiger partial charge in [0.15, 0.2) is 0 Å². The molecule has 1 atom stereocenters. The molecule has 0 saturated carbocycles. The predicted octanol–water partition coefficient (Wildman–Crippen LogP) is 6.08. The fraction of sp³-hybridized carbons (Fsp3) is 0.238. The highest BCUT2D eigenvalue weighted by atomic mass is 35.5. The van der Waals surface area contributed by atoms with Gasteiger partial charge in [0.1, 0.15) is 22.8 Å². The Morgan fingerprint density at radius 2 is 1.96 bits per heavy atom. The van der Waals surface area contributed by atoms with Crippen LogP contribution in [0.15, 0.2) is 40.9 Å². The zero-order valence-electron chi connectivity index (χ0n) is 15.3. The first-order valence-corrected chi connectivity index (χ1v) is 9.66. The van der Waals surface area contributed by atoms with E-state index in [2.05, 4.69) is 5.16 Å². The Labute approximate surface area is 171 Å². The number of hydrogen-bond donors (Lipinski definition) is 0. The number of carbonyl (C=O) groups is 1. The molecule has 3 aromatic rings. The van der Waals surface area contributed by atoms with Crippen LogP contribution in [0.4, 0.5) is 10.1 Å². The molecule has 0 spiro atoms. The molecule has 0 radical (unpaired) electrons. The van der Waals surface area contributed by atoms with Gasteiger partial charge in [0.2, 0.25) is 0 Å². The molecule has 1 aliphatic rings. The van der Waals surface area contributed by atoms with Gasteiger partial charge in [0.05, 0.1) is 10.0 Å². The number of carbonyl (C=O) groups excluding carboxylic acids is 1. The summed E-state index contributed by atoms with van der Waals surface area (Å²) in [7, 11) is 0. The summed E-state index contributed by atoms with van der Waals surface area (Å²) in [6.45, 7) is 3.64. The van der Waals surface area contributed by atoms with Crippen LogP contribution >= 0.6 is 23.2 Å². The molecule has 0 bridgehead atoms. The fourth-order valence-electron chi connectivity index (χ4n) is 3.67. The van der Waals surface area contributed by atoms with Crippen molar-refractivity contribution in [1.82, 2.24) is 5.16 Å². The van der Waals surface area contributed by atoms with Crippen molar-refractivity contribution in [2.45, 2.75) is 32.7 Å². The van der Waals surface area contributed by atoms with Crippen molar-refractivity contribution in [3.05, 3.63) is 69.1 Å². The molecular formula is C21H17Cl2FN2O2. The summed E-state index contributed by atoms with van der Waals surface area (Å²) in [5, 5.41) is 4.82. The third kappa shape index (κ3) is 3.09. The Balaban J connectivity index is 1.86. The maximum absolute atomic E-state index is 13.7. The molecule has 2 aromatic carbocycles. The second-order valence-corrected chi connectivity index (χ2v) is 7.71. The van der Waals surface area contributed by atoms with E-state index in [0.717, 1.165) is 12.0 Å². The first kappa shape index (κ1) is 19.0. The molecule has 1 aliphatic heterocycles. The third-order valence-electron chi connectivity index (χ3n) is 5.07. The second kappa shape index (κ2) is 7.22. The summed E-state index contributed by atoms with van der Waals surface area (Å²) in [6, 6.07) is 9.51. The lowest BCUT2D eigenvalue weighted by atomic mass is 9.95. The third-order valence-corrected chi connectivity index (χ3v) is 5.70. The molecular weight excluding hydrogens is 402 g/mol. The van der Waals surface area contributed by atoms with E-state index in [1.54, 1.807) is 36.1 Å². The molecule has 0 saturated heterocycles. The number of fused-ring (bicyclic) bond motifs is 1. The molecule has 1 unspecified atom stereocenters. The second-order valence-electron chi connectivity index (χ2n) is 6.89. The largest absolute Gasteiger partial charge is 0.360 e. The van der Waals surface area contributed by atoms with Crippen molar-refractivity contribution >= 4 is 34.8 Å². The standard InChI is InChI=1S/C21H17Cl2FN2O2/c1-11-6-7-13-10-14(24)8-9-17(13)26(11)21(27)18-12(2)28-25-20(18)19-15(22)4-3-5-16(19)23/h3-5,8-11H,6-7H2,1-2H3. The molecule has 7 heteroatoms. The van der Waals surface area contributed by atoms with Crippen LogP contribution in [-0.2, 0) is 6.42 Å². The van der Waals surface area contributed by atoms with Crippen molar-refractivity contribution in [2.75, 3.05) is 4.90 Å². The maximum Gasteiger partial charge on any atom is 0.264 e. The molecule has 0 aliphatic carbocycles. The van der Waals surface area contributed by atoms with Crippen LogP contribution in [-0.4, -0.2) is 17.1 Å². The van der Waals surface area contributed by atoms with Gasteiger partial charge >= 0.3 is 0 Å². The molecule has 28 heavy (non-hydrogen) atoms. The fourth-order valence-corrected chi connectivity index (χ4v) is 4.25. The monoisotopic (exact) mass is 418 g/mol. The first-order chi connectivity index (χ1) is 13.4. The van der Waals surface area contributed by atoms with Crippen molar-refractivity contribution in [3.8, 4) is 11.3 Å². The van der Waals surface area contributed by atoms with Crippen LogP contribution in [0.1, 0.15) is 35.0 Å². The Bertz CT molecular complexity index is 1060. The lowest BCUT2D eigenvalue weighted by molar-refractivity contribution is 0.0974. The van der Waals surface area contributed by atoms with Gasteiger partial charge in [0.25, 0.3) is 5.91 Å². The van der Waals surface area contributed by atoms with Crippen LogP contribution in [0, 0.1) is 12.7 Å². The maximum atomic E-state index is 13.7. The van der Waals surface area contributed by atoms with Crippen molar-refractivity contribution in [2.24, 2.45) is 0 Å². The zero-order chi connectivity index (χ0) is 20.0. The van der Waals surface area contributed by atoms with Gasteiger partial charge in [-0.2, -0.15) is 0 Å². The van der Waals surface area contributed by atoms with E-state index < -0.39 is 0 Å². The van der Waals surface area contributed by atoms with Crippen molar-refractivity contribution in [3.63, 3.8) is 0 Å². The van der Waals surface area contributed by atoms with Crippen molar-refractivity contribution in [1.29, 1.82) is 0 Å². The normalized spacial score (nSPS) is 16.2. The number of hydrogen-bond acceptors (Lipinski definition) is 3. The van der Waals surface area contributed by atoms with Crippen LogP contribution in [0.3, 0.4) is 0 Å². The molecule has 1 amide bonds. The highest BCUT2D eigenvalue weighted by molar-refractivity contribution is 6.39. The van der Waals surface area contributed by atoms with E-state index in [0.29, 0.717) is 44.7 Å². The van der Waals surface area contributed by atoms with E-state index in [1.807, 2.05) is 6.92 Å². The summed E-state index contributed by atoms with van der Waals surface area (Å²) in [4.78, 5) is 15.3. The number of halogens is 3. The van der Waals surface area contributed by atoms with Crippen LogP contribution in [0.5, 0.6) is 0 Å². The number of nitrogens with zero attached hydrogens (tertiary/aromatic N) is 2. The topological polar surface area (TPSA) is 46.3 Å². The summed E-state index contributed by atoms with van der Waals surface area (Å²) in [6.07, 6.45) is 1.44. The molecule has 4 nitrogen and oxygen atoms in total. The van der Waals surface area contributed by atoms with Crippen molar-refractivity contribution < 1.29 is 13.7 Å². The Hall–Kier alpha value is -2.37. The predicted molar refractivity (Wildman–Crippen MR) is 108 cm³/mol. The van der Waals surface area contributed by atoms with E-state index in [-0.39, 0.29) is 17.8 Å². The number of amides is 1. The Morgan fingerprint density at radius 3 is 2.68 bits per heavy atom. The molecule has 2 heterocycles. The van der Waals surface area contributed by atoms with E-state index >= 15 is 0 Å². The molecule has 0 N–H and O–H groups in total. The van der Waals surface area contributed by atoms with Gasteiger partial charge < -0.3 is 9.42 Å². The lowest BCUT2D eigenvalue weighted by Gasteiger charge is -2.35. The van der Waals surface area contributed by atoms with Gasteiger partial charge in [-0.05, 0) is 62.6 Å². The number of benzene rings is 2. The summed E-state index contributed by atoms with van der Waals surface area (Å²) >= 11 is 12.7. The molecule has 144 valence electrons. The molecule has 1 aromatic heterocycles. The van der Waals surface area contributed by atoms with Gasteiger partial charge in [-0.15, -0.1) is 0 Å². The number of anilines is 1. The van der Waals surface area contributed by atoms with E-state index in [4.69, 9.17) is 27.7 Å². The van der Waals surface area contributed by atoms with Crippen LogP contribution in [0.2, 0.25) is 10.0 Å². The Kier molecular flexibility index (Phi) is 4.89. The SMILES string of the molecule is Cc1onc(-c2c(Cl)cccc2Cl)c1C(=O)N1c2ccc(F)cc2CCC1C. The van der Waals surface area contributed by atoms with Gasteiger partial charge in [-0.3, -0.25) is 4.79 Å². The van der Waals surface area contributed by atoms with E-state index in [1.165, 1.54) is 12.1 Å². The average Bonchev–Trinajstić information content (AvgIpc) is 3.02. The minimum Gasteiger partial charge on any atom is -0.360 e. The minimum atomic E-state index is -0.314. The molecule has 4 rings (SSSR count). The number of rotatable bonds is 2. The average molecular weight is 419 g/mol. The highest BCUT2D eigenvalue weighted by Gasteiger charge is 2.34. The van der Waals surface area contributed by atoms with Gasteiger partial charge in [-0.25, -0.2) is 4.39 Å². The minimum absolute atomic E-state index is 0.0608. The summed E-state index contributed by atoms with van der Waals surface area (Å²) in [5.74, 6) is -0.215. The quantitative estimate of drug-likeness (QED) is 0.506. The van der Waals surface area contributed by atoms with Gasteiger partial charge in [-0.1, -0.05) is 34.4 Å². The lowest BCUT2D eigenvalue weighted by Crippen LogP contribution is -2.42. The highest BCUT2D eigenvalue weighted by Crippen LogP contribution is 2.39. The smallest absolute Gasteiger partial charge is 0.264 e. The van der Waals surface area contributed by atoms with Crippen LogP contribution < -0.4 is 4.90 Å². The zero-order valence-corrected chi connectivity index (χ0v) is 16.8. The first-order valence-electron chi connectivity index (χ1n) is 8.91. The van der Waals surface area contributed by atoms with Crippen LogP contribution in [0.25, 0.3) is 11.3 Å².